The molecule has 1 aromatic heterocycles. The second-order valence-electron chi connectivity index (χ2n) is 13.9. The fourth-order valence-corrected chi connectivity index (χ4v) is 6.82. The topological polar surface area (TPSA) is 174 Å². The minimum atomic E-state index is -4.23. The lowest BCUT2D eigenvalue weighted by Gasteiger charge is -2.31. The molecule has 0 radical (unpaired) electrons. The number of phosphoric ester groups is 1. The summed E-state index contributed by atoms with van der Waals surface area (Å²) in [5.41, 5.74) is -0.911. The molecule has 1 aromatic carbocycles. The number of phosphoric acid groups is 1. The Balaban J connectivity index is 1.82. The van der Waals surface area contributed by atoms with Crippen molar-refractivity contribution in [1.29, 1.82) is 0 Å². The fraction of sp³-hybridized carbons (Fsp3) is 0.625. The predicted molar refractivity (Wildman–Crippen MR) is 173 cm³/mol. The van der Waals surface area contributed by atoms with Crippen LogP contribution >= 0.6 is 7.82 Å². The van der Waals surface area contributed by atoms with E-state index < -0.39 is 61.2 Å². The minimum absolute atomic E-state index is 0.00547. The molecule has 1 aliphatic rings. The van der Waals surface area contributed by atoms with Gasteiger partial charge in [0.2, 0.25) is 11.8 Å². The van der Waals surface area contributed by atoms with Gasteiger partial charge in [-0.1, -0.05) is 19.9 Å². The van der Waals surface area contributed by atoms with Crippen LogP contribution in [0.5, 0.6) is 5.75 Å². The van der Waals surface area contributed by atoms with Crippen LogP contribution in [0.4, 0.5) is 0 Å². The van der Waals surface area contributed by atoms with Gasteiger partial charge in [0.25, 0.3) is 5.91 Å². The van der Waals surface area contributed by atoms with Crippen LogP contribution in [0.1, 0.15) is 85.1 Å². The van der Waals surface area contributed by atoms with Gasteiger partial charge in [-0.25, -0.2) is 4.57 Å². The number of carbonyl (C=O) groups excluding carboxylic acids is 4. The van der Waals surface area contributed by atoms with Crippen molar-refractivity contribution < 1.29 is 42.1 Å². The van der Waals surface area contributed by atoms with Crippen molar-refractivity contribution in [2.45, 2.75) is 97.9 Å². The molecule has 0 bridgehead atoms. The van der Waals surface area contributed by atoms with E-state index >= 15 is 0 Å². The summed E-state index contributed by atoms with van der Waals surface area (Å²) in [5.74, 6) is -1.90. The van der Waals surface area contributed by atoms with E-state index in [9.17, 15) is 23.7 Å². The lowest BCUT2D eigenvalue weighted by molar-refractivity contribution is -0.132. The van der Waals surface area contributed by atoms with E-state index in [1.807, 2.05) is 19.9 Å². The van der Waals surface area contributed by atoms with Crippen molar-refractivity contribution in [3.8, 4) is 5.75 Å². The highest BCUT2D eigenvalue weighted by atomic mass is 31.2. The molecule has 46 heavy (non-hydrogen) atoms. The molecule has 14 heteroatoms. The first-order valence-electron chi connectivity index (χ1n) is 15.5. The molecule has 1 saturated heterocycles. The number of ether oxygens (including phenoxy) is 1. The average molecular weight is 665 g/mol. The van der Waals surface area contributed by atoms with Crippen molar-refractivity contribution in [2.75, 3.05) is 20.3 Å². The van der Waals surface area contributed by atoms with Crippen molar-refractivity contribution in [2.24, 2.45) is 11.8 Å². The number of methoxy groups -OCH3 is 1. The number of carbonyl (C=O) groups is 4. The first kappa shape index (κ1) is 37.2. The molecule has 1 aliphatic heterocycles. The molecule has 1 fully saturated rings. The maximum Gasteiger partial charge on any atom is 0.476 e. The summed E-state index contributed by atoms with van der Waals surface area (Å²) in [6.07, 6.45) is 0.749. The van der Waals surface area contributed by atoms with Gasteiger partial charge >= 0.3 is 7.82 Å². The highest BCUT2D eigenvalue weighted by Gasteiger charge is 2.39. The van der Waals surface area contributed by atoms with Crippen LogP contribution in [-0.4, -0.2) is 72.0 Å². The smallest absolute Gasteiger partial charge is 0.476 e. The lowest BCUT2D eigenvalue weighted by atomic mass is 9.95. The van der Waals surface area contributed by atoms with Gasteiger partial charge in [-0.05, 0) is 84.9 Å². The Labute approximate surface area is 270 Å². The zero-order valence-electron chi connectivity index (χ0n) is 28.3. The number of aromatic nitrogens is 1. The third kappa shape index (κ3) is 10.9. The molecule has 3 rings (SSSR count). The summed E-state index contributed by atoms with van der Waals surface area (Å²) in [7, 11) is -2.69. The zero-order valence-corrected chi connectivity index (χ0v) is 29.2. The largest absolute Gasteiger partial charge is 0.496 e. The molecule has 0 aliphatic carbocycles. The normalized spacial score (nSPS) is 17.1. The molecule has 0 spiro atoms. The van der Waals surface area contributed by atoms with E-state index in [0.717, 1.165) is 0 Å². The summed E-state index contributed by atoms with van der Waals surface area (Å²) < 4.78 is 35.7. The Kier molecular flexibility index (Phi) is 12.2. The predicted octanol–water partition coefficient (Wildman–Crippen LogP) is 4.66. The number of benzene rings is 1. The average Bonchev–Trinajstić information content (AvgIpc) is 3.54. The van der Waals surface area contributed by atoms with Gasteiger partial charge in [0, 0.05) is 23.4 Å². The first-order valence-corrected chi connectivity index (χ1v) is 17.0. The summed E-state index contributed by atoms with van der Waals surface area (Å²) in [6.45, 7) is 13.6. The number of Topliss-reactive ketones (excluding diaryl/α,β-unsaturated/α-hetero) is 1. The number of hydrogen-bond donors (Lipinski definition) is 4. The molecule has 3 amide bonds. The Morgan fingerprint density at radius 2 is 1.67 bits per heavy atom. The van der Waals surface area contributed by atoms with Crippen LogP contribution in [0.2, 0.25) is 0 Å². The maximum atomic E-state index is 13.7. The summed E-state index contributed by atoms with van der Waals surface area (Å²) >= 11 is 0. The van der Waals surface area contributed by atoms with Crippen LogP contribution < -0.4 is 20.7 Å². The van der Waals surface area contributed by atoms with Crippen LogP contribution in [0, 0.1) is 11.8 Å². The fourth-order valence-electron chi connectivity index (χ4n) is 5.05. The standard InChI is InChI=1S/C32H49N4O9P/c1-19(2)15-24(36-30(40)25-17-21-22(34-25)11-10-12-27(21)42-9)29(39)35-23(16-20-13-14-33-28(20)38)26(37)18-43-46(41,44-31(3,4)5)45-32(6,7)8/h10-12,17,19-20,23-24,34H,13-16,18H2,1-9H3,(H,33,38)(H,35,39)(H,36,40)/t20-,23-,24-/m0/s1. The van der Waals surface area contributed by atoms with Crippen LogP contribution in [0.15, 0.2) is 24.3 Å². The molecule has 256 valence electrons. The number of hydrogen-bond acceptors (Lipinski definition) is 9. The molecule has 0 saturated carbocycles. The zero-order chi connectivity index (χ0) is 34.4. The molecule has 2 aromatic rings. The summed E-state index contributed by atoms with van der Waals surface area (Å²) in [6, 6.07) is 4.85. The molecule has 0 unspecified atom stereocenters. The van der Waals surface area contributed by atoms with E-state index in [1.165, 1.54) is 7.11 Å². The molecular weight excluding hydrogens is 615 g/mol. The second kappa shape index (κ2) is 15.1. The van der Waals surface area contributed by atoms with Crippen LogP contribution in [0.3, 0.4) is 0 Å². The SMILES string of the molecule is COc1cccc2[nH]c(C(=O)N[C@@H](CC(C)C)C(=O)N[C@@H](C[C@@H]3CCNC3=O)C(=O)COP(=O)(OC(C)(C)C)OC(C)(C)C)cc12. The summed E-state index contributed by atoms with van der Waals surface area (Å²) in [4.78, 5) is 56.1. The Bertz CT molecular complexity index is 1440. The molecular formula is C32H49N4O9P. The van der Waals surface area contributed by atoms with Gasteiger partial charge in [0.1, 0.15) is 24.1 Å². The van der Waals surface area contributed by atoms with Gasteiger partial charge < -0.3 is 25.7 Å². The Hall–Kier alpha value is -3.25. The maximum absolute atomic E-state index is 13.7. The van der Waals surface area contributed by atoms with Crippen molar-refractivity contribution in [3.63, 3.8) is 0 Å². The molecule has 13 nitrogen and oxygen atoms in total. The van der Waals surface area contributed by atoms with Crippen LogP contribution in [-0.2, 0) is 32.5 Å². The van der Waals surface area contributed by atoms with Crippen molar-refractivity contribution >= 4 is 42.2 Å². The Morgan fingerprint density at radius 3 is 2.22 bits per heavy atom. The van der Waals surface area contributed by atoms with E-state index in [4.69, 9.17) is 18.3 Å². The van der Waals surface area contributed by atoms with Gasteiger partial charge in [-0.15, -0.1) is 0 Å². The van der Waals surface area contributed by atoms with Gasteiger partial charge in [0.15, 0.2) is 5.78 Å². The van der Waals surface area contributed by atoms with Gasteiger partial charge in [0.05, 0.1) is 24.4 Å². The van der Waals surface area contributed by atoms with E-state index in [2.05, 4.69) is 20.9 Å². The van der Waals surface area contributed by atoms with E-state index in [1.54, 1.807) is 59.7 Å². The van der Waals surface area contributed by atoms with Gasteiger partial charge in [-0.2, -0.15) is 0 Å². The van der Waals surface area contributed by atoms with Crippen molar-refractivity contribution in [3.05, 3.63) is 30.0 Å². The number of fused-ring (bicyclic) bond motifs is 1. The van der Waals surface area contributed by atoms with Crippen molar-refractivity contribution in [1.82, 2.24) is 20.9 Å². The number of rotatable bonds is 15. The number of H-pyrrole nitrogens is 1. The molecule has 4 N–H and O–H groups in total. The van der Waals surface area contributed by atoms with Crippen LogP contribution in [0.25, 0.3) is 10.9 Å². The first-order chi connectivity index (χ1) is 21.3. The minimum Gasteiger partial charge on any atom is -0.496 e. The molecule has 3 atom stereocenters. The monoisotopic (exact) mass is 664 g/mol. The highest BCUT2D eigenvalue weighted by Crippen LogP contribution is 2.55. The number of aromatic amines is 1. The second-order valence-corrected chi connectivity index (χ2v) is 15.4. The highest BCUT2D eigenvalue weighted by molar-refractivity contribution is 7.48. The molecule has 2 heterocycles. The number of ketones is 1. The summed E-state index contributed by atoms with van der Waals surface area (Å²) in [5, 5.41) is 8.98. The third-order valence-electron chi connectivity index (χ3n) is 6.94. The van der Waals surface area contributed by atoms with E-state index in [0.29, 0.717) is 29.6 Å². The van der Waals surface area contributed by atoms with E-state index in [-0.39, 0.29) is 30.4 Å². The lowest BCUT2D eigenvalue weighted by Crippen LogP contribution is -2.53. The number of nitrogens with one attached hydrogen (secondary N) is 4. The third-order valence-corrected chi connectivity index (χ3v) is 8.93. The van der Waals surface area contributed by atoms with Gasteiger partial charge in [-0.3, -0.25) is 32.7 Å². The Morgan fingerprint density at radius 1 is 1.02 bits per heavy atom. The number of amides is 3. The quantitative estimate of drug-likeness (QED) is 0.198.